The zero-order valence-electron chi connectivity index (χ0n) is 6.59. The highest BCUT2D eigenvalue weighted by Crippen LogP contribution is 2.23. The molecular weight excluding hydrogens is 154 g/mol. The minimum Gasteiger partial charge on any atom is -0.260 e. The standard InChI is InChI=1S/C9H9NS/c1-6-7(2)10-5-9-8(6)3-4-11-9/h3-5H,1-2H3. The van der Waals surface area contributed by atoms with Crippen molar-refractivity contribution in [2.24, 2.45) is 0 Å². The van der Waals surface area contributed by atoms with Crippen LogP contribution >= 0.6 is 11.3 Å². The molecule has 0 saturated carbocycles. The van der Waals surface area contributed by atoms with Crippen LogP contribution in [0.3, 0.4) is 0 Å². The van der Waals surface area contributed by atoms with Crippen LogP contribution in [0.15, 0.2) is 17.6 Å². The van der Waals surface area contributed by atoms with E-state index in [1.165, 1.54) is 15.6 Å². The second-order valence-corrected chi connectivity index (χ2v) is 3.61. The molecule has 11 heavy (non-hydrogen) atoms. The molecule has 0 bridgehead atoms. The van der Waals surface area contributed by atoms with Crippen molar-refractivity contribution in [3.8, 4) is 0 Å². The monoisotopic (exact) mass is 163 g/mol. The number of aryl methyl sites for hydroxylation is 2. The molecule has 0 spiro atoms. The molecular formula is C9H9NS. The lowest BCUT2D eigenvalue weighted by Crippen LogP contribution is -1.84. The van der Waals surface area contributed by atoms with E-state index in [1.807, 2.05) is 13.1 Å². The number of thiophene rings is 1. The van der Waals surface area contributed by atoms with E-state index in [9.17, 15) is 0 Å². The molecule has 2 heteroatoms. The maximum atomic E-state index is 4.29. The van der Waals surface area contributed by atoms with E-state index in [1.54, 1.807) is 11.3 Å². The molecule has 2 aromatic rings. The first-order valence-electron chi connectivity index (χ1n) is 3.58. The number of rotatable bonds is 0. The minimum atomic E-state index is 1.14. The summed E-state index contributed by atoms with van der Waals surface area (Å²) in [5.74, 6) is 0. The molecule has 2 aromatic heterocycles. The predicted molar refractivity (Wildman–Crippen MR) is 49.1 cm³/mol. The fourth-order valence-corrected chi connectivity index (χ4v) is 1.99. The molecule has 0 unspecified atom stereocenters. The summed E-state index contributed by atoms with van der Waals surface area (Å²) < 4.78 is 1.29. The molecule has 0 aliphatic heterocycles. The highest BCUT2D eigenvalue weighted by molar-refractivity contribution is 7.17. The van der Waals surface area contributed by atoms with Gasteiger partial charge in [0.05, 0.1) is 4.70 Å². The maximum Gasteiger partial charge on any atom is 0.0528 e. The van der Waals surface area contributed by atoms with Crippen LogP contribution in [-0.4, -0.2) is 4.98 Å². The average Bonchev–Trinajstić information content (AvgIpc) is 2.45. The second-order valence-electron chi connectivity index (χ2n) is 2.67. The van der Waals surface area contributed by atoms with Gasteiger partial charge in [-0.1, -0.05) is 0 Å². The molecule has 0 saturated heterocycles. The van der Waals surface area contributed by atoms with Gasteiger partial charge in [0.15, 0.2) is 0 Å². The minimum absolute atomic E-state index is 1.14. The Bertz CT molecular complexity index is 389. The zero-order chi connectivity index (χ0) is 7.84. The van der Waals surface area contributed by atoms with Gasteiger partial charge in [-0.25, -0.2) is 0 Å². The summed E-state index contributed by atoms with van der Waals surface area (Å²) in [6.45, 7) is 4.17. The van der Waals surface area contributed by atoms with E-state index in [-0.39, 0.29) is 0 Å². The Labute approximate surface area is 69.7 Å². The van der Waals surface area contributed by atoms with Crippen molar-refractivity contribution in [1.29, 1.82) is 0 Å². The number of hydrogen-bond acceptors (Lipinski definition) is 2. The third kappa shape index (κ3) is 0.942. The highest BCUT2D eigenvalue weighted by atomic mass is 32.1. The maximum absolute atomic E-state index is 4.29. The lowest BCUT2D eigenvalue weighted by Gasteiger charge is -1.98. The van der Waals surface area contributed by atoms with Crippen molar-refractivity contribution in [3.05, 3.63) is 28.9 Å². The molecule has 0 aromatic carbocycles. The third-order valence-corrected chi connectivity index (χ3v) is 2.87. The second kappa shape index (κ2) is 2.31. The summed E-state index contributed by atoms with van der Waals surface area (Å²) in [5, 5.41) is 3.46. The first-order chi connectivity index (χ1) is 5.29. The smallest absolute Gasteiger partial charge is 0.0528 e. The summed E-state index contributed by atoms with van der Waals surface area (Å²) in [5.41, 5.74) is 2.44. The molecule has 0 radical (unpaired) electrons. The Morgan fingerprint density at radius 2 is 2.18 bits per heavy atom. The van der Waals surface area contributed by atoms with Crippen molar-refractivity contribution < 1.29 is 0 Å². The molecule has 0 aliphatic rings. The van der Waals surface area contributed by atoms with Gasteiger partial charge in [0.2, 0.25) is 0 Å². The Kier molecular flexibility index (Phi) is 1.43. The summed E-state index contributed by atoms with van der Waals surface area (Å²) in [4.78, 5) is 4.29. The van der Waals surface area contributed by atoms with E-state index in [0.717, 1.165) is 5.69 Å². The Morgan fingerprint density at radius 1 is 1.36 bits per heavy atom. The van der Waals surface area contributed by atoms with Crippen LogP contribution < -0.4 is 0 Å². The number of aromatic nitrogens is 1. The topological polar surface area (TPSA) is 12.9 Å². The zero-order valence-corrected chi connectivity index (χ0v) is 7.40. The average molecular weight is 163 g/mol. The van der Waals surface area contributed by atoms with Gasteiger partial charge < -0.3 is 0 Å². The van der Waals surface area contributed by atoms with Gasteiger partial charge in [0.25, 0.3) is 0 Å². The van der Waals surface area contributed by atoms with E-state index >= 15 is 0 Å². The Balaban J connectivity index is 2.93. The van der Waals surface area contributed by atoms with Gasteiger partial charge >= 0.3 is 0 Å². The van der Waals surface area contributed by atoms with Gasteiger partial charge in [0, 0.05) is 11.9 Å². The van der Waals surface area contributed by atoms with Crippen molar-refractivity contribution in [2.45, 2.75) is 13.8 Å². The number of hydrogen-bond donors (Lipinski definition) is 0. The molecule has 0 aliphatic carbocycles. The SMILES string of the molecule is Cc1ncc2sccc2c1C. The van der Waals surface area contributed by atoms with Crippen LogP contribution in [-0.2, 0) is 0 Å². The van der Waals surface area contributed by atoms with Gasteiger partial charge in [-0.05, 0) is 36.2 Å². The van der Waals surface area contributed by atoms with Crippen molar-refractivity contribution in [1.82, 2.24) is 4.98 Å². The molecule has 0 N–H and O–H groups in total. The fraction of sp³-hybridized carbons (Fsp3) is 0.222. The van der Waals surface area contributed by atoms with Crippen LogP contribution in [0.25, 0.3) is 10.1 Å². The van der Waals surface area contributed by atoms with E-state index in [0.29, 0.717) is 0 Å². The van der Waals surface area contributed by atoms with E-state index in [2.05, 4.69) is 23.4 Å². The largest absolute Gasteiger partial charge is 0.260 e. The van der Waals surface area contributed by atoms with Gasteiger partial charge in [-0.2, -0.15) is 0 Å². The van der Waals surface area contributed by atoms with Crippen molar-refractivity contribution >= 4 is 21.4 Å². The molecule has 0 fully saturated rings. The fourth-order valence-electron chi connectivity index (χ4n) is 1.18. The van der Waals surface area contributed by atoms with Gasteiger partial charge in [-0.15, -0.1) is 11.3 Å². The van der Waals surface area contributed by atoms with Crippen LogP contribution in [0, 0.1) is 13.8 Å². The molecule has 2 heterocycles. The summed E-state index contributed by atoms with van der Waals surface area (Å²) in [6, 6.07) is 2.16. The van der Waals surface area contributed by atoms with E-state index in [4.69, 9.17) is 0 Å². The van der Waals surface area contributed by atoms with Crippen LogP contribution in [0.5, 0.6) is 0 Å². The normalized spacial score (nSPS) is 10.7. The number of fused-ring (bicyclic) bond motifs is 1. The van der Waals surface area contributed by atoms with E-state index < -0.39 is 0 Å². The lowest BCUT2D eigenvalue weighted by atomic mass is 10.1. The number of nitrogens with zero attached hydrogens (tertiary/aromatic N) is 1. The molecule has 0 atom stereocenters. The first kappa shape index (κ1) is 6.80. The van der Waals surface area contributed by atoms with Crippen molar-refractivity contribution in [3.63, 3.8) is 0 Å². The van der Waals surface area contributed by atoms with Gasteiger partial charge in [-0.3, -0.25) is 4.98 Å². The molecule has 0 amide bonds. The predicted octanol–water partition coefficient (Wildman–Crippen LogP) is 2.91. The van der Waals surface area contributed by atoms with Crippen molar-refractivity contribution in [2.75, 3.05) is 0 Å². The highest BCUT2D eigenvalue weighted by Gasteiger charge is 2.00. The Morgan fingerprint density at radius 3 is 3.00 bits per heavy atom. The molecule has 2 rings (SSSR count). The Hall–Kier alpha value is -0.890. The summed E-state index contributed by atoms with van der Waals surface area (Å²) in [6.07, 6.45) is 1.95. The van der Waals surface area contributed by atoms with Crippen LogP contribution in [0.2, 0.25) is 0 Å². The first-order valence-corrected chi connectivity index (χ1v) is 4.46. The van der Waals surface area contributed by atoms with Crippen LogP contribution in [0.4, 0.5) is 0 Å². The third-order valence-electron chi connectivity index (χ3n) is 2.02. The summed E-state index contributed by atoms with van der Waals surface area (Å²) >= 11 is 1.75. The van der Waals surface area contributed by atoms with Gasteiger partial charge in [0.1, 0.15) is 0 Å². The lowest BCUT2D eigenvalue weighted by molar-refractivity contribution is 1.18. The van der Waals surface area contributed by atoms with Crippen LogP contribution in [0.1, 0.15) is 11.3 Å². The number of pyridine rings is 1. The molecule has 56 valence electrons. The summed E-state index contributed by atoms with van der Waals surface area (Å²) in [7, 11) is 0. The quantitative estimate of drug-likeness (QED) is 0.582. The molecule has 1 nitrogen and oxygen atoms in total.